The van der Waals surface area contributed by atoms with E-state index in [1.54, 1.807) is 12.1 Å². The Morgan fingerprint density at radius 3 is 2.84 bits per heavy atom. The molecule has 2 N–H and O–H groups in total. The van der Waals surface area contributed by atoms with Crippen molar-refractivity contribution < 1.29 is 15.0 Å². The van der Waals surface area contributed by atoms with Gasteiger partial charge in [0.2, 0.25) is 10.8 Å². The van der Waals surface area contributed by atoms with E-state index in [9.17, 15) is 14.7 Å². The summed E-state index contributed by atoms with van der Waals surface area (Å²) in [6.45, 7) is 0. The molecule has 0 saturated heterocycles. The van der Waals surface area contributed by atoms with Gasteiger partial charge in [-0.3, -0.25) is 14.0 Å². The highest BCUT2D eigenvalue weighted by Gasteiger charge is 2.17. The van der Waals surface area contributed by atoms with Crippen LogP contribution in [0.5, 0.6) is 5.88 Å². The summed E-state index contributed by atoms with van der Waals surface area (Å²) in [7, 11) is 0. The highest BCUT2D eigenvalue weighted by Crippen LogP contribution is 2.25. The minimum absolute atomic E-state index is 0.200. The Morgan fingerprint density at radius 2 is 2.11 bits per heavy atom. The average molecular weight is 276 g/mol. The lowest BCUT2D eigenvalue weighted by Crippen LogP contribution is -2.21. The summed E-state index contributed by atoms with van der Waals surface area (Å²) in [5.74, 6) is -1.70. The van der Waals surface area contributed by atoms with Gasteiger partial charge in [-0.25, -0.2) is 0 Å². The molecule has 0 fully saturated rings. The third-order valence-electron chi connectivity index (χ3n) is 2.76. The van der Waals surface area contributed by atoms with Gasteiger partial charge in [0.1, 0.15) is 0 Å². The van der Waals surface area contributed by atoms with Crippen LogP contribution in [0.4, 0.5) is 0 Å². The number of thiazole rings is 1. The fourth-order valence-electron chi connectivity index (χ4n) is 1.94. The topological polar surface area (TPSA) is 91.9 Å². The van der Waals surface area contributed by atoms with Gasteiger partial charge in [-0.05, 0) is 12.1 Å². The van der Waals surface area contributed by atoms with Crippen molar-refractivity contribution in [3.8, 4) is 5.88 Å². The monoisotopic (exact) mass is 276 g/mol. The summed E-state index contributed by atoms with van der Waals surface area (Å²) in [4.78, 5) is 27.2. The van der Waals surface area contributed by atoms with Crippen LogP contribution in [0, 0.1) is 0 Å². The number of hydrogen-bond acceptors (Lipinski definition) is 5. The van der Waals surface area contributed by atoms with Crippen LogP contribution < -0.4 is 5.56 Å². The third-order valence-corrected chi connectivity index (χ3v) is 3.78. The van der Waals surface area contributed by atoms with E-state index in [1.165, 1.54) is 15.7 Å². The molecule has 19 heavy (non-hydrogen) atoms. The minimum Gasteiger partial charge on any atom is -0.493 e. The number of fused-ring (bicyclic) bond motifs is 3. The predicted molar refractivity (Wildman–Crippen MR) is 69.8 cm³/mol. The number of hydrogen-bond donors (Lipinski definition) is 2. The zero-order chi connectivity index (χ0) is 13.6. The summed E-state index contributed by atoms with van der Waals surface area (Å²) in [5.41, 5.74) is -0.0810. The largest absolute Gasteiger partial charge is 0.493 e. The Hall–Kier alpha value is -2.41. The van der Waals surface area contributed by atoms with Crippen LogP contribution >= 0.6 is 11.3 Å². The number of aromatic hydroxyl groups is 1. The maximum atomic E-state index is 12.3. The van der Waals surface area contributed by atoms with Crippen molar-refractivity contribution >= 4 is 32.5 Å². The Labute approximate surface area is 110 Å². The van der Waals surface area contributed by atoms with E-state index in [0.717, 1.165) is 4.70 Å². The first-order valence-electron chi connectivity index (χ1n) is 5.42. The Kier molecular flexibility index (Phi) is 2.49. The maximum Gasteiger partial charge on any atom is 0.308 e. The molecular formula is C12H8N2O4S. The number of rotatable bonds is 2. The van der Waals surface area contributed by atoms with Crippen molar-refractivity contribution in [1.29, 1.82) is 0 Å². The Bertz CT molecular complexity index is 865. The molecule has 0 bridgehead atoms. The molecule has 6 nitrogen and oxygen atoms in total. The molecule has 0 aliphatic rings. The molecule has 1 aromatic carbocycles. The van der Waals surface area contributed by atoms with Crippen molar-refractivity contribution in [1.82, 2.24) is 9.38 Å². The van der Waals surface area contributed by atoms with Crippen molar-refractivity contribution in [2.75, 3.05) is 0 Å². The number of carboxylic acids is 1. The van der Waals surface area contributed by atoms with Crippen molar-refractivity contribution in [2.45, 2.75) is 6.42 Å². The average Bonchev–Trinajstić information content (AvgIpc) is 2.72. The Morgan fingerprint density at radius 1 is 1.37 bits per heavy atom. The van der Waals surface area contributed by atoms with E-state index < -0.39 is 23.8 Å². The molecule has 0 aliphatic carbocycles. The van der Waals surface area contributed by atoms with Crippen LogP contribution in [0.1, 0.15) is 5.56 Å². The van der Waals surface area contributed by atoms with Gasteiger partial charge in [-0.1, -0.05) is 23.5 Å². The zero-order valence-electron chi connectivity index (χ0n) is 9.53. The molecular weight excluding hydrogens is 268 g/mol. The quantitative estimate of drug-likeness (QED) is 0.734. The first-order valence-corrected chi connectivity index (χ1v) is 6.23. The normalized spacial score (nSPS) is 11.2. The first kappa shape index (κ1) is 11.7. The van der Waals surface area contributed by atoms with Crippen molar-refractivity contribution in [3.63, 3.8) is 0 Å². The summed E-state index contributed by atoms with van der Waals surface area (Å²) in [6.07, 6.45) is -0.551. The second-order valence-electron chi connectivity index (χ2n) is 3.98. The predicted octanol–water partition coefficient (Wildman–Crippen LogP) is 1.24. The van der Waals surface area contributed by atoms with Crippen LogP contribution in [0.2, 0.25) is 0 Å². The molecule has 0 aliphatic heterocycles. The van der Waals surface area contributed by atoms with E-state index >= 15 is 0 Å². The lowest BCUT2D eigenvalue weighted by molar-refractivity contribution is -0.136. The van der Waals surface area contributed by atoms with Crippen LogP contribution in [0.3, 0.4) is 0 Å². The van der Waals surface area contributed by atoms with E-state index in [2.05, 4.69) is 4.98 Å². The summed E-state index contributed by atoms with van der Waals surface area (Å²) >= 11 is 1.26. The van der Waals surface area contributed by atoms with E-state index in [1.807, 2.05) is 12.1 Å². The highest BCUT2D eigenvalue weighted by atomic mass is 32.1. The fourth-order valence-corrected chi connectivity index (χ4v) is 2.95. The lowest BCUT2D eigenvalue weighted by Gasteiger charge is -2.01. The number of aromatic nitrogens is 2. The molecule has 0 atom stereocenters. The molecule has 0 spiro atoms. The molecule has 96 valence electrons. The van der Waals surface area contributed by atoms with Crippen LogP contribution in [-0.2, 0) is 11.2 Å². The van der Waals surface area contributed by atoms with Gasteiger partial charge >= 0.3 is 5.97 Å². The van der Waals surface area contributed by atoms with Crippen molar-refractivity contribution in [3.05, 3.63) is 40.2 Å². The molecule has 7 heteroatoms. The smallest absolute Gasteiger partial charge is 0.308 e. The van der Waals surface area contributed by atoms with Crippen molar-refractivity contribution in [2.24, 2.45) is 0 Å². The van der Waals surface area contributed by atoms with E-state index in [0.29, 0.717) is 10.5 Å². The number of carbonyl (C=O) groups is 1. The molecule has 2 aromatic heterocycles. The van der Waals surface area contributed by atoms with Gasteiger partial charge in [0.05, 0.1) is 22.2 Å². The molecule has 3 rings (SSSR count). The fraction of sp³-hybridized carbons (Fsp3) is 0.0833. The standard InChI is InChI=1S/C12H8N2O4S/c15-9(16)5-6-10(17)13-12-14(11(6)18)7-3-1-2-4-8(7)19-12/h1-4,17H,5H2,(H,15,16). The van der Waals surface area contributed by atoms with E-state index in [4.69, 9.17) is 5.11 Å². The SMILES string of the molecule is O=C(O)Cc1c(O)nc2sc3ccccc3n2c1=O. The van der Waals surface area contributed by atoms with Gasteiger partial charge in [0.25, 0.3) is 5.56 Å². The second-order valence-corrected chi connectivity index (χ2v) is 4.99. The van der Waals surface area contributed by atoms with Gasteiger partial charge in [0.15, 0.2) is 0 Å². The van der Waals surface area contributed by atoms with Crippen LogP contribution in [0.25, 0.3) is 15.2 Å². The second kappa shape index (κ2) is 4.06. The molecule has 0 amide bonds. The third kappa shape index (κ3) is 1.75. The van der Waals surface area contributed by atoms with Gasteiger partial charge < -0.3 is 10.2 Å². The first-order chi connectivity index (χ1) is 9.08. The van der Waals surface area contributed by atoms with Crippen LogP contribution in [-0.4, -0.2) is 25.6 Å². The summed E-state index contributed by atoms with van der Waals surface area (Å²) < 4.78 is 2.18. The highest BCUT2D eigenvalue weighted by molar-refractivity contribution is 7.23. The molecule has 0 saturated carbocycles. The molecule has 2 heterocycles. The number of benzene rings is 1. The number of nitrogens with zero attached hydrogens (tertiary/aromatic N) is 2. The maximum absolute atomic E-state index is 12.3. The zero-order valence-corrected chi connectivity index (χ0v) is 10.3. The van der Waals surface area contributed by atoms with Crippen LogP contribution in [0.15, 0.2) is 29.1 Å². The lowest BCUT2D eigenvalue weighted by atomic mass is 10.2. The Balaban J connectivity index is 2.45. The minimum atomic E-state index is -1.19. The van der Waals surface area contributed by atoms with E-state index in [-0.39, 0.29) is 5.56 Å². The van der Waals surface area contributed by atoms with Gasteiger partial charge in [0, 0.05) is 0 Å². The molecule has 3 aromatic rings. The number of carboxylic acid groups (broad SMARTS) is 1. The van der Waals surface area contributed by atoms with Gasteiger partial charge in [-0.2, -0.15) is 4.98 Å². The summed E-state index contributed by atoms with van der Waals surface area (Å²) in [6, 6.07) is 7.21. The number of para-hydroxylation sites is 1. The molecule has 0 unspecified atom stereocenters. The number of aliphatic carboxylic acids is 1. The summed E-state index contributed by atoms with van der Waals surface area (Å²) in [5, 5.41) is 18.4. The molecule has 0 radical (unpaired) electrons. The van der Waals surface area contributed by atoms with Gasteiger partial charge in [-0.15, -0.1) is 0 Å².